The third-order valence-corrected chi connectivity index (χ3v) is 7.34. The second-order valence-electron chi connectivity index (χ2n) is 9.21. The summed E-state index contributed by atoms with van der Waals surface area (Å²) in [4.78, 5) is 21.0. The maximum Gasteiger partial charge on any atom is 0.172 e. The molecular weight excluding hydrogens is 424 g/mol. The number of nitrogen functional groups attached to an aromatic ring is 1. The summed E-state index contributed by atoms with van der Waals surface area (Å²) >= 11 is 0. The van der Waals surface area contributed by atoms with Crippen molar-refractivity contribution in [1.82, 2.24) is 25.1 Å². The van der Waals surface area contributed by atoms with Crippen LogP contribution in [0.2, 0.25) is 0 Å². The number of fused-ring (bicyclic) bond motifs is 2. The molecule has 6 rings (SSSR count). The van der Waals surface area contributed by atoms with Crippen molar-refractivity contribution in [2.24, 2.45) is 5.41 Å². The average molecular weight is 449 g/mol. The van der Waals surface area contributed by atoms with Gasteiger partial charge >= 0.3 is 0 Å². The smallest absolute Gasteiger partial charge is 0.172 e. The summed E-state index contributed by atoms with van der Waals surface area (Å²) in [6, 6.07) is 14.2. The molecule has 3 unspecified atom stereocenters. The molecule has 1 saturated heterocycles. The van der Waals surface area contributed by atoms with E-state index in [0.29, 0.717) is 22.5 Å². The van der Waals surface area contributed by atoms with Gasteiger partial charge in [0.2, 0.25) is 0 Å². The number of hydrogen-bond donors (Lipinski definition) is 2. The number of anilines is 1. The van der Waals surface area contributed by atoms with Crippen molar-refractivity contribution in [2.75, 3.05) is 12.3 Å². The predicted molar refractivity (Wildman–Crippen MR) is 132 cm³/mol. The largest absolute Gasteiger partial charge is 0.383 e. The molecule has 0 bridgehead atoms. The van der Waals surface area contributed by atoms with E-state index < -0.39 is 0 Å². The van der Waals surface area contributed by atoms with Gasteiger partial charge in [0.15, 0.2) is 11.4 Å². The Morgan fingerprint density at radius 3 is 2.88 bits per heavy atom. The molecule has 3 atom stereocenters. The third kappa shape index (κ3) is 3.11. The molecule has 2 aromatic carbocycles. The lowest BCUT2D eigenvalue weighted by Gasteiger charge is -2.47. The van der Waals surface area contributed by atoms with Gasteiger partial charge in [-0.1, -0.05) is 48.9 Å². The highest BCUT2D eigenvalue weighted by Gasteiger charge is 2.54. The normalized spacial score (nSPS) is 23.5. The number of benzene rings is 2. The first-order chi connectivity index (χ1) is 16.6. The average Bonchev–Trinajstić information content (AvgIpc) is 3.46. The predicted octanol–water partition coefficient (Wildman–Crippen LogP) is 3.40. The van der Waals surface area contributed by atoms with E-state index in [1.54, 1.807) is 0 Å². The Kier molecular flexibility index (Phi) is 4.71. The van der Waals surface area contributed by atoms with Crippen LogP contribution in [0.25, 0.3) is 21.8 Å². The van der Waals surface area contributed by atoms with E-state index in [1.807, 2.05) is 28.9 Å². The number of rotatable bonds is 3. The number of carbonyl (C=O) groups is 1. The molecule has 34 heavy (non-hydrogen) atoms. The van der Waals surface area contributed by atoms with Gasteiger partial charge in [0, 0.05) is 17.5 Å². The Hall–Kier alpha value is -4.02. The maximum absolute atomic E-state index is 12.3. The zero-order valence-corrected chi connectivity index (χ0v) is 18.7. The number of nitrogens with zero attached hydrogens (tertiary/aromatic N) is 4. The van der Waals surface area contributed by atoms with Gasteiger partial charge in [0.1, 0.15) is 17.8 Å². The number of nitrogens with one attached hydrogen (secondary N) is 1. The Labute approximate surface area is 197 Å². The van der Waals surface area contributed by atoms with Crippen LogP contribution >= 0.6 is 0 Å². The monoisotopic (exact) mass is 448 g/mol. The molecule has 2 fully saturated rings. The molecule has 7 nitrogen and oxygen atoms in total. The van der Waals surface area contributed by atoms with Gasteiger partial charge in [-0.3, -0.25) is 4.79 Å². The highest BCUT2D eigenvalue weighted by atomic mass is 16.1. The lowest BCUT2D eigenvalue weighted by Crippen LogP contribution is -2.64. The van der Waals surface area contributed by atoms with Crippen LogP contribution in [0.3, 0.4) is 0 Å². The van der Waals surface area contributed by atoms with Gasteiger partial charge in [0.25, 0.3) is 0 Å². The Balaban J connectivity index is 1.40. The second kappa shape index (κ2) is 7.79. The fourth-order valence-corrected chi connectivity index (χ4v) is 5.57. The zero-order valence-electron chi connectivity index (χ0n) is 18.7. The fraction of sp³-hybridized carbons (Fsp3) is 0.259. The van der Waals surface area contributed by atoms with Crippen LogP contribution in [0.15, 0.2) is 61.4 Å². The molecule has 7 heteroatoms. The highest BCUT2D eigenvalue weighted by Crippen LogP contribution is 2.51. The summed E-state index contributed by atoms with van der Waals surface area (Å²) in [6.45, 7) is 4.49. The molecule has 4 aromatic rings. The molecule has 1 spiro atoms. The van der Waals surface area contributed by atoms with Crippen molar-refractivity contribution >= 4 is 33.4 Å². The topological polar surface area (TPSA) is 98.7 Å². The lowest BCUT2D eigenvalue weighted by atomic mass is 9.70. The summed E-state index contributed by atoms with van der Waals surface area (Å²) < 4.78 is 1.95. The quantitative estimate of drug-likeness (QED) is 0.368. The minimum absolute atomic E-state index is 0.0540. The van der Waals surface area contributed by atoms with Crippen LogP contribution in [-0.4, -0.2) is 38.1 Å². The van der Waals surface area contributed by atoms with E-state index in [2.05, 4.69) is 51.9 Å². The number of nitrogens with two attached hydrogens (primary N) is 1. The third-order valence-electron chi connectivity index (χ3n) is 7.34. The number of aromatic nitrogens is 4. The van der Waals surface area contributed by atoms with Gasteiger partial charge in [0.05, 0.1) is 17.5 Å². The molecule has 168 valence electrons. The van der Waals surface area contributed by atoms with Crippen LogP contribution in [0.5, 0.6) is 0 Å². The van der Waals surface area contributed by atoms with E-state index in [-0.39, 0.29) is 23.3 Å². The van der Waals surface area contributed by atoms with Crippen molar-refractivity contribution in [1.29, 1.82) is 0 Å². The summed E-state index contributed by atoms with van der Waals surface area (Å²) in [7, 11) is 0. The van der Waals surface area contributed by atoms with Gasteiger partial charge in [-0.15, -0.1) is 0 Å². The lowest BCUT2D eigenvalue weighted by molar-refractivity contribution is -0.123. The van der Waals surface area contributed by atoms with Crippen LogP contribution in [0.1, 0.15) is 36.6 Å². The minimum atomic E-state index is -0.165. The molecule has 1 saturated carbocycles. The molecule has 3 heterocycles. The van der Waals surface area contributed by atoms with E-state index in [9.17, 15) is 4.79 Å². The van der Waals surface area contributed by atoms with E-state index >= 15 is 0 Å². The first kappa shape index (κ1) is 20.6. The minimum Gasteiger partial charge on any atom is -0.383 e. The number of hydrogen-bond acceptors (Lipinski definition) is 6. The summed E-state index contributed by atoms with van der Waals surface area (Å²) in [5.74, 6) is 6.97. The van der Waals surface area contributed by atoms with E-state index in [4.69, 9.17) is 10.8 Å². The molecule has 3 N–H and O–H groups in total. The van der Waals surface area contributed by atoms with Crippen molar-refractivity contribution in [2.45, 2.75) is 31.3 Å². The molecule has 2 aliphatic rings. The van der Waals surface area contributed by atoms with Crippen molar-refractivity contribution in [3.8, 4) is 11.8 Å². The van der Waals surface area contributed by atoms with Crippen LogP contribution in [-0.2, 0) is 4.79 Å². The first-order valence-corrected chi connectivity index (χ1v) is 11.5. The SMILES string of the molecule is C=CC(=O)C1NCC12CCC(n1nc(C#Cc3cccc4ccccc34)c3c(N)ncnc31)C2. The van der Waals surface area contributed by atoms with Gasteiger partial charge in [-0.05, 0) is 48.1 Å². The maximum atomic E-state index is 12.3. The van der Waals surface area contributed by atoms with Crippen molar-refractivity contribution in [3.05, 3.63) is 72.7 Å². The Bertz CT molecular complexity index is 1520. The van der Waals surface area contributed by atoms with E-state index in [1.165, 1.54) is 12.4 Å². The first-order valence-electron chi connectivity index (χ1n) is 11.5. The van der Waals surface area contributed by atoms with E-state index in [0.717, 1.165) is 42.1 Å². The molecule has 0 amide bonds. The highest BCUT2D eigenvalue weighted by molar-refractivity contribution is 5.95. The van der Waals surface area contributed by atoms with Crippen molar-refractivity contribution < 1.29 is 4.79 Å². The summed E-state index contributed by atoms with van der Waals surface area (Å²) in [6.07, 6.45) is 5.61. The Morgan fingerprint density at radius 1 is 1.21 bits per heavy atom. The summed E-state index contributed by atoms with van der Waals surface area (Å²) in [5, 5.41) is 11.1. The standard InChI is InChI=1S/C27H24N6O/c1-2-22(34)24-27(15-29-24)13-12-19(14-27)33-26-23(25(28)30-16-31-26)21(32-33)11-10-18-8-5-7-17-6-3-4-9-20(17)18/h2-9,16,19,24,29H,1,12-15H2,(H2,28,30,31). The molecule has 1 aliphatic heterocycles. The van der Waals surface area contributed by atoms with Gasteiger partial charge < -0.3 is 11.1 Å². The fourth-order valence-electron chi connectivity index (χ4n) is 5.57. The molecule has 0 radical (unpaired) electrons. The van der Waals surface area contributed by atoms with Crippen LogP contribution in [0.4, 0.5) is 5.82 Å². The number of carbonyl (C=O) groups excluding carboxylic acids is 1. The Morgan fingerprint density at radius 2 is 2.06 bits per heavy atom. The van der Waals surface area contributed by atoms with Crippen LogP contribution in [0, 0.1) is 17.3 Å². The van der Waals surface area contributed by atoms with Gasteiger partial charge in [-0.2, -0.15) is 5.10 Å². The van der Waals surface area contributed by atoms with Crippen molar-refractivity contribution in [3.63, 3.8) is 0 Å². The van der Waals surface area contributed by atoms with Gasteiger partial charge in [-0.25, -0.2) is 14.6 Å². The second-order valence-corrected chi connectivity index (χ2v) is 9.21. The van der Waals surface area contributed by atoms with Crippen LogP contribution < -0.4 is 11.1 Å². The zero-order chi connectivity index (χ0) is 23.3. The molecular formula is C27H24N6O. The molecule has 2 aromatic heterocycles. The molecule has 1 aliphatic carbocycles. The number of ketones is 1. The summed E-state index contributed by atoms with van der Waals surface area (Å²) in [5.41, 5.74) is 8.41.